The van der Waals surface area contributed by atoms with Crippen LogP contribution in [0.25, 0.3) is 11.4 Å². The van der Waals surface area contributed by atoms with Crippen LogP contribution in [-0.4, -0.2) is 51.4 Å². The zero-order chi connectivity index (χ0) is 18.2. The van der Waals surface area contributed by atoms with Crippen molar-refractivity contribution in [3.05, 3.63) is 36.2 Å². The molecule has 1 aromatic carbocycles. The molecule has 2 saturated heterocycles. The number of aromatic nitrogens is 3. The van der Waals surface area contributed by atoms with Crippen molar-refractivity contribution in [2.75, 3.05) is 19.7 Å². The molecule has 5 rings (SSSR count). The van der Waals surface area contributed by atoms with Gasteiger partial charge in [0.1, 0.15) is 5.82 Å². The molecule has 6 heteroatoms. The quantitative estimate of drug-likeness (QED) is 0.835. The average Bonchev–Trinajstić information content (AvgIpc) is 3.45. The normalized spacial score (nSPS) is 26.8. The maximum absolute atomic E-state index is 12.8. The lowest BCUT2D eigenvalue weighted by molar-refractivity contribution is -0.131. The molecule has 0 aliphatic carbocycles. The molecular formula is C21H26N4O2. The maximum Gasteiger partial charge on any atom is 0.222 e. The third kappa shape index (κ3) is 3.16. The van der Waals surface area contributed by atoms with Gasteiger partial charge in [-0.3, -0.25) is 4.79 Å². The van der Waals surface area contributed by atoms with Crippen molar-refractivity contribution in [1.82, 2.24) is 19.7 Å². The predicted octanol–water partition coefficient (Wildman–Crippen LogP) is 2.85. The van der Waals surface area contributed by atoms with Crippen LogP contribution in [0.3, 0.4) is 0 Å². The first-order valence-electron chi connectivity index (χ1n) is 10.2. The van der Waals surface area contributed by atoms with Crippen LogP contribution in [0.15, 0.2) is 30.3 Å². The van der Waals surface area contributed by atoms with Crippen LogP contribution in [0.5, 0.6) is 0 Å². The zero-order valence-electron chi connectivity index (χ0n) is 15.6. The lowest BCUT2D eigenvalue weighted by atomic mass is 9.93. The molecule has 3 aliphatic heterocycles. The van der Waals surface area contributed by atoms with E-state index in [0.717, 1.165) is 69.0 Å². The monoisotopic (exact) mass is 366 g/mol. The van der Waals surface area contributed by atoms with E-state index in [0.29, 0.717) is 18.4 Å². The van der Waals surface area contributed by atoms with E-state index in [9.17, 15) is 4.79 Å². The fraction of sp³-hybridized carbons (Fsp3) is 0.571. The van der Waals surface area contributed by atoms with Crippen LogP contribution in [0.2, 0.25) is 0 Å². The summed E-state index contributed by atoms with van der Waals surface area (Å²) in [6, 6.07) is 10.6. The highest BCUT2D eigenvalue weighted by Gasteiger charge is 2.41. The Hall–Kier alpha value is -2.21. The van der Waals surface area contributed by atoms with Crippen molar-refractivity contribution in [3.8, 4) is 11.4 Å². The first-order valence-corrected chi connectivity index (χ1v) is 10.2. The number of fused-ring (bicyclic) bond motifs is 3. The minimum atomic E-state index is 0.274. The number of nitrogens with zero attached hydrogens (tertiary/aromatic N) is 4. The molecule has 142 valence electrons. The summed E-state index contributed by atoms with van der Waals surface area (Å²) in [7, 11) is 0. The highest BCUT2D eigenvalue weighted by atomic mass is 16.5. The summed E-state index contributed by atoms with van der Waals surface area (Å²) in [4.78, 5) is 14.8. The Kier molecular flexibility index (Phi) is 4.44. The fourth-order valence-electron chi connectivity index (χ4n) is 4.89. The number of aryl methyl sites for hydroxylation is 1. The molecule has 4 heterocycles. The summed E-state index contributed by atoms with van der Waals surface area (Å²) >= 11 is 0. The van der Waals surface area contributed by atoms with Gasteiger partial charge in [0.25, 0.3) is 0 Å². The Balaban J connectivity index is 1.32. The standard InChI is InChI=1S/C21H26N4O2/c26-20(11-9-17-7-4-12-27-17)24-13-16-8-10-19-22-23-21(25(19)18(16)14-24)15-5-2-1-3-6-15/h1-3,5-6,16-18H,4,7-14H2/t16-,17+,18+/m1/s1. The van der Waals surface area contributed by atoms with Gasteiger partial charge >= 0.3 is 0 Å². The second kappa shape index (κ2) is 7.08. The van der Waals surface area contributed by atoms with Crippen molar-refractivity contribution in [2.24, 2.45) is 5.92 Å². The number of ether oxygens (including phenoxy) is 1. The summed E-state index contributed by atoms with van der Waals surface area (Å²) in [6.45, 7) is 2.49. The molecule has 1 aromatic heterocycles. The van der Waals surface area contributed by atoms with Gasteiger partial charge < -0.3 is 14.2 Å². The highest BCUT2D eigenvalue weighted by Crippen LogP contribution is 2.39. The van der Waals surface area contributed by atoms with Crippen molar-refractivity contribution < 1.29 is 9.53 Å². The summed E-state index contributed by atoms with van der Waals surface area (Å²) in [5.74, 6) is 2.77. The van der Waals surface area contributed by atoms with E-state index in [4.69, 9.17) is 4.74 Å². The van der Waals surface area contributed by atoms with Crippen LogP contribution < -0.4 is 0 Å². The molecular weight excluding hydrogens is 340 g/mol. The molecule has 0 saturated carbocycles. The number of amides is 1. The molecule has 0 bridgehead atoms. The van der Waals surface area contributed by atoms with Crippen molar-refractivity contribution in [2.45, 2.75) is 50.7 Å². The van der Waals surface area contributed by atoms with E-state index in [1.165, 1.54) is 0 Å². The molecule has 0 unspecified atom stereocenters. The summed E-state index contributed by atoms with van der Waals surface area (Å²) in [6.07, 6.45) is 6.01. The first-order chi connectivity index (χ1) is 13.3. The highest BCUT2D eigenvalue weighted by molar-refractivity contribution is 5.76. The van der Waals surface area contributed by atoms with Gasteiger partial charge in [-0.25, -0.2) is 0 Å². The van der Waals surface area contributed by atoms with Crippen LogP contribution in [0, 0.1) is 5.92 Å². The summed E-state index contributed by atoms with van der Waals surface area (Å²) < 4.78 is 7.97. The summed E-state index contributed by atoms with van der Waals surface area (Å²) in [5.41, 5.74) is 1.10. The van der Waals surface area contributed by atoms with E-state index in [-0.39, 0.29) is 12.0 Å². The van der Waals surface area contributed by atoms with E-state index >= 15 is 0 Å². The minimum absolute atomic E-state index is 0.274. The van der Waals surface area contributed by atoms with Gasteiger partial charge in [0.2, 0.25) is 5.91 Å². The third-order valence-electron chi connectivity index (χ3n) is 6.33. The Morgan fingerprint density at radius 3 is 2.85 bits per heavy atom. The molecule has 0 spiro atoms. The van der Waals surface area contributed by atoms with Crippen LogP contribution in [0.1, 0.15) is 44.0 Å². The molecule has 27 heavy (non-hydrogen) atoms. The smallest absolute Gasteiger partial charge is 0.222 e. The second-order valence-corrected chi connectivity index (χ2v) is 8.01. The van der Waals surface area contributed by atoms with E-state index < -0.39 is 0 Å². The van der Waals surface area contributed by atoms with Crippen LogP contribution in [0.4, 0.5) is 0 Å². The number of rotatable bonds is 4. The zero-order valence-corrected chi connectivity index (χ0v) is 15.6. The Bertz CT molecular complexity index is 813. The number of likely N-dealkylation sites (tertiary alicyclic amines) is 1. The molecule has 0 N–H and O–H groups in total. The number of hydrogen-bond acceptors (Lipinski definition) is 4. The van der Waals surface area contributed by atoms with Crippen molar-refractivity contribution >= 4 is 5.91 Å². The number of benzene rings is 1. The Morgan fingerprint density at radius 1 is 1.15 bits per heavy atom. The third-order valence-corrected chi connectivity index (χ3v) is 6.33. The lowest BCUT2D eigenvalue weighted by Gasteiger charge is -2.27. The van der Waals surface area contributed by atoms with Crippen molar-refractivity contribution in [1.29, 1.82) is 0 Å². The molecule has 2 aromatic rings. The van der Waals surface area contributed by atoms with Gasteiger partial charge in [-0.2, -0.15) is 0 Å². The summed E-state index contributed by atoms with van der Waals surface area (Å²) in [5, 5.41) is 8.92. The first kappa shape index (κ1) is 16.9. The van der Waals surface area contributed by atoms with Gasteiger partial charge in [-0.1, -0.05) is 30.3 Å². The molecule has 6 nitrogen and oxygen atoms in total. The lowest BCUT2D eigenvalue weighted by Crippen LogP contribution is -2.30. The number of hydrogen-bond donors (Lipinski definition) is 0. The van der Waals surface area contributed by atoms with Gasteiger partial charge in [0.05, 0.1) is 12.1 Å². The van der Waals surface area contributed by atoms with Gasteiger partial charge in [-0.05, 0) is 31.6 Å². The molecule has 3 atom stereocenters. The molecule has 1 amide bonds. The number of carbonyl (C=O) groups is 1. The van der Waals surface area contributed by atoms with Crippen molar-refractivity contribution in [3.63, 3.8) is 0 Å². The molecule has 3 aliphatic rings. The predicted molar refractivity (Wildman–Crippen MR) is 101 cm³/mol. The van der Waals surface area contributed by atoms with E-state index in [1.807, 2.05) is 18.2 Å². The van der Waals surface area contributed by atoms with E-state index in [2.05, 4.69) is 31.8 Å². The van der Waals surface area contributed by atoms with Crippen LogP contribution >= 0.6 is 0 Å². The largest absolute Gasteiger partial charge is 0.378 e. The van der Waals surface area contributed by atoms with Crippen LogP contribution in [-0.2, 0) is 16.0 Å². The van der Waals surface area contributed by atoms with E-state index in [1.54, 1.807) is 0 Å². The SMILES string of the molecule is O=C(CC[C@@H]1CCCO1)N1C[C@H]2CCc3nnc(-c4ccccc4)n3[C@H]2C1. The average molecular weight is 366 g/mol. The Labute approximate surface area is 159 Å². The minimum Gasteiger partial charge on any atom is -0.378 e. The van der Waals surface area contributed by atoms with Gasteiger partial charge in [0.15, 0.2) is 5.82 Å². The topological polar surface area (TPSA) is 60.2 Å². The van der Waals surface area contributed by atoms with Gasteiger partial charge in [-0.15, -0.1) is 10.2 Å². The second-order valence-electron chi connectivity index (χ2n) is 8.01. The van der Waals surface area contributed by atoms with Gasteiger partial charge in [0, 0.05) is 38.1 Å². The molecule has 2 fully saturated rings. The fourth-order valence-corrected chi connectivity index (χ4v) is 4.89. The molecule has 0 radical (unpaired) electrons. The maximum atomic E-state index is 12.8. The Morgan fingerprint density at radius 2 is 2.04 bits per heavy atom. The number of carbonyl (C=O) groups excluding carboxylic acids is 1.